The highest BCUT2D eigenvalue weighted by Crippen LogP contribution is 2.37. The van der Waals surface area contributed by atoms with Crippen molar-refractivity contribution in [1.29, 1.82) is 0 Å². The second-order valence-corrected chi connectivity index (χ2v) is 6.91. The molecule has 0 aliphatic rings. The summed E-state index contributed by atoms with van der Waals surface area (Å²) >= 11 is 0. The molecule has 0 radical (unpaired) electrons. The van der Waals surface area contributed by atoms with Crippen molar-refractivity contribution in [2.75, 3.05) is 6.61 Å². The Morgan fingerprint density at radius 1 is 0.680 bits per heavy atom. The van der Waals surface area contributed by atoms with Crippen LogP contribution in [0.4, 0.5) is 0 Å². The second-order valence-electron chi connectivity index (χ2n) is 6.91. The van der Waals surface area contributed by atoms with Crippen molar-refractivity contribution < 1.29 is 5.11 Å². The maximum Gasteiger partial charge on any atom is 0.0471 e. The number of hydrogen-bond donors (Lipinski definition) is 1. The van der Waals surface area contributed by atoms with Crippen molar-refractivity contribution in [3.05, 3.63) is 82.4 Å². The van der Waals surface area contributed by atoms with Crippen LogP contribution < -0.4 is 0 Å². The van der Waals surface area contributed by atoms with Gasteiger partial charge in [0.25, 0.3) is 0 Å². The lowest BCUT2D eigenvalue weighted by molar-refractivity contribution is 0.299. The van der Waals surface area contributed by atoms with Crippen molar-refractivity contribution in [2.24, 2.45) is 0 Å². The van der Waals surface area contributed by atoms with E-state index in [1.165, 1.54) is 50.1 Å². The number of aliphatic hydroxyl groups is 1. The molecule has 0 amide bonds. The summed E-state index contributed by atoms with van der Waals surface area (Å²) in [6.45, 7) is 8.78. The summed E-state index contributed by atoms with van der Waals surface area (Å²) in [7, 11) is 0. The standard InChI is InChI=1S/C24H26O/c1-16-5-9-20(10-6-16)23-15-22(13-14-25)18(3)24(19(23)4)21-11-7-17(2)8-12-21/h5-12,15,25H,13-14H2,1-4H3. The molecule has 0 saturated heterocycles. The van der Waals surface area contributed by atoms with Gasteiger partial charge in [0.1, 0.15) is 0 Å². The van der Waals surface area contributed by atoms with E-state index in [1.54, 1.807) is 0 Å². The van der Waals surface area contributed by atoms with Crippen LogP contribution in [0.2, 0.25) is 0 Å². The Bertz CT molecular complexity index is 871. The van der Waals surface area contributed by atoms with E-state index in [1.807, 2.05) is 0 Å². The largest absolute Gasteiger partial charge is 0.396 e. The Balaban J connectivity index is 2.25. The van der Waals surface area contributed by atoms with Crippen LogP contribution in [-0.2, 0) is 6.42 Å². The van der Waals surface area contributed by atoms with Crippen molar-refractivity contribution >= 4 is 0 Å². The monoisotopic (exact) mass is 330 g/mol. The topological polar surface area (TPSA) is 20.2 Å². The molecule has 0 atom stereocenters. The minimum atomic E-state index is 0.171. The molecule has 0 unspecified atom stereocenters. The molecule has 128 valence electrons. The Labute approximate surface area is 151 Å². The van der Waals surface area contributed by atoms with Gasteiger partial charge in [0.2, 0.25) is 0 Å². The van der Waals surface area contributed by atoms with Gasteiger partial charge in [-0.25, -0.2) is 0 Å². The lowest BCUT2D eigenvalue weighted by atomic mass is 9.85. The fourth-order valence-corrected chi connectivity index (χ4v) is 3.53. The Morgan fingerprint density at radius 2 is 1.20 bits per heavy atom. The van der Waals surface area contributed by atoms with Crippen molar-refractivity contribution in [2.45, 2.75) is 34.1 Å². The normalized spacial score (nSPS) is 10.9. The summed E-state index contributed by atoms with van der Waals surface area (Å²) in [6.07, 6.45) is 0.684. The molecule has 0 aliphatic heterocycles. The third-order valence-electron chi connectivity index (χ3n) is 5.04. The van der Waals surface area contributed by atoms with Crippen LogP contribution in [0.5, 0.6) is 0 Å². The molecule has 0 spiro atoms. The second kappa shape index (κ2) is 7.25. The average Bonchev–Trinajstić information content (AvgIpc) is 2.60. The molecule has 0 heterocycles. The first kappa shape index (κ1) is 17.4. The fourth-order valence-electron chi connectivity index (χ4n) is 3.53. The summed E-state index contributed by atoms with van der Waals surface area (Å²) in [6, 6.07) is 19.7. The quantitative estimate of drug-likeness (QED) is 0.642. The molecular weight excluding hydrogens is 304 g/mol. The van der Waals surface area contributed by atoms with E-state index in [4.69, 9.17) is 0 Å². The number of aliphatic hydroxyl groups excluding tert-OH is 1. The summed E-state index contributed by atoms with van der Waals surface area (Å²) in [5, 5.41) is 9.51. The number of benzene rings is 3. The molecule has 1 N–H and O–H groups in total. The summed E-state index contributed by atoms with van der Waals surface area (Å²) in [4.78, 5) is 0. The van der Waals surface area contributed by atoms with E-state index in [-0.39, 0.29) is 6.61 Å². The van der Waals surface area contributed by atoms with Gasteiger partial charge >= 0.3 is 0 Å². The van der Waals surface area contributed by atoms with Gasteiger partial charge < -0.3 is 5.11 Å². The van der Waals surface area contributed by atoms with Crippen molar-refractivity contribution in [1.82, 2.24) is 0 Å². The molecule has 0 bridgehead atoms. The molecule has 0 aliphatic carbocycles. The van der Waals surface area contributed by atoms with Gasteiger partial charge in [-0.3, -0.25) is 0 Å². The number of hydrogen-bond acceptors (Lipinski definition) is 1. The van der Waals surface area contributed by atoms with E-state index < -0.39 is 0 Å². The minimum Gasteiger partial charge on any atom is -0.396 e. The molecule has 1 nitrogen and oxygen atoms in total. The lowest BCUT2D eigenvalue weighted by Gasteiger charge is -2.19. The van der Waals surface area contributed by atoms with Gasteiger partial charge in [0, 0.05) is 6.61 Å². The van der Waals surface area contributed by atoms with Crippen LogP contribution in [0.3, 0.4) is 0 Å². The number of aryl methyl sites for hydroxylation is 2. The highest BCUT2D eigenvalue weighted by molar-refractivity contribution is 5.82. The van der Waals surface area contributed by atoms with Crippen LogP contribution in [-0.4, -0.2) is 11.7 Å². The molecule has 0 aromatic heterocycles. The zero-order valence-electron chi connectivity index (χ0n) is 15.6. The molecule has 3 rings (SSSR count). The van der Waals surface area contributed by atoms with Crippen LogP contribution >= 0.6 is 0 Å². The van der Waals surface area contributed by atoms with Crippen LogP contribution in [0.1, 0.15) is 27.8 Å². The molecule has 0 saturated carbocycles. The van der Waals surface area contributed by atoms with Crippen LogP contribution in [0, 0.1) is 27.7 Å². The first-order chi connectivity index (χ1) is 12.0. The maximum absolute atomic E-state index is 9.51. The van der Waals surface area contributed by atoms with Gasteiger partial charge in [-0.1, -0.05) is 65.7 Å². The minimum absolute atomic E-state index is 0.171. The molecule has 3 aromatic rings. The summed E-state index contributed by atoms with van der Waals surface area (Å²) in [5.41, 5.74) is 11.3. The van der Waals surface area contributed by atoms with Gasteiger partial charge in [0.05, 0.1) is 0 Å². The van der Waals surface area contributed by atoms with Crippen LogP contribution in [0.25, 0.3) is 22.3 Å². The third-order valence-corrected chi connectivity index (χ3v) is 5.04. The highest BCUT2D eigenvalue weighted by atomic mass is 16.2. The van der Waals surface area contributed by atoms with Crippen molar-refractivity contribution in [3.8, 4) is 22.3 Å². The predicted octanol–water partition coefficient (Wildman–Crippen LogP) is 5.79. The first-order valence-electron chi connectivity index (χ1n) is 8.89. The van der Waals surface area contributed by atoms with E-state index in [2.05, 4.69) is 82.3 Å². The third kappa shape index (κ3) is 3.52. The fraction of sp³-hybridized carbons (Fsp3) is 0.250. The van der Waals surface area contributed by atoms with Crippen molar-refractivity contribution in [3.63, 3.8) is 0 Å². The molecule has 1 heteroatoms. The van der Waals surface area contributed by atoms with Gasteiger partial charge in [-0.15, -0.1) is 0 Å². The Hall–Kier alpha value is -2.38. The van der Waals surface area contributed by atoms with Gasteiger partial charge in [-0.05, 0) is 73.1 Å². The van der Waals surface area contributed by atoms with Gasteiger partial charge in [-0.2, -0.15) is 0 Å². The molecular formula is C24H26O. The zero-order chi connectivity index (χ0) is 18.0. The Morgan fingerprint density at radius 3 is 1.72 bits per heavy atom. The SMILES string of the molecule is Cc1ccc(-c2cc(CCO)c(C)c(-c3ccc(C)cc3)c2C)cc1. The van der Waals surface area contributed by atoms with Crippen LogP contribution in [0.15, 0.2) is 54.6 Å². The smallest absolute Gasteiger partial charge is 0.0471 e. The van der Waals surface area contributed by atoms with E-state index in [0.717, 1.165) is 0 Å². The molecule has 0 fully saturated rings. The zero-order valence-corrected chi connectivity index (χ0v) is 15.6. The summed E-state index contributed by atoms with van der Waals surface area (Å²) < 4.78 is 0. The number of rotatable bonds is 4. The first-order valence-corrected chi connectivity index (χ1v) is 8.89. The van der Waals surface area contributed by atoms with E-state index in [9.17, 15) is 5.11 Å². The molecule has 25 heavy (non-hydrogen) atoms. The highest BCUT2D eigenvalue weighted by Gasteiger charge is 2.15. The Kier molecular flexibility index (Phi) is 5.06. The van der Waals surface area contributed by atoms with E-state index >= 15 is 0 Å². The average molecular weight is 330 g/mol. The van der Waals surface area contributed by atoms with Gasteiger partial charge in [0.15, 0.2) is 0 Å². The molecule has 3 aromatic carbocycles. The summed E-state index contributed by atoms with van der Waals surface area (Å²) in [5.74, 6) is 0. The van der Waals surface area contributed by atoms with E-state index in [0.29, 0.717) is 6.42 Å². The predicted molar refractivity (Wildman–Crippen MR) is 107 cm³/mol. The lowest BCUT2D eigenvalue weighted by Crippen LogP contribution is -2.01. The maximum atomic E-state index is 9.51.